The first-order valence-corrected chi connectivity index (χ1v) is 10.3. The molecule has 1 aliphatic heterocycles. The van der Waals surface area contributed by atoms with Gasteiger partial charge in [-0.05, 0) is 32.2 Å². The van der Waals surface area contributed by atoms with Crippen LogP contribution in [0.4, 0.5) is 0 Å². The highest BCUT2D eigenvalue weighted by Crippen LogP contribution is 2.28. The van der Waals surface area contributed by atoms with E-state index in [9.17, 15) is 0 Å². The highest BCUT2D eigenvalue weighted by atomic mass is 15.3. The van der Waals surface area contributed by atoms with Crippen LogP contribution in [-0.2, 0) is 0 Å². The van der Waals surface area contributed by atoms with Crippen LogP contribution in [0.15, 0.2) is 4.99 Å². The van der Waals surface area contributed by atoms with Crippen molar-refractivity contribution in [2.75, 3.05) is 58.9 Å². The Kier molecular flexibility index (Phi) is 9.51. The van der Waals surface area contributed by atoms with Crippen molar-refractivity contribution in [2.24, 2.45) is 10.9 Å². The van der Waals surface area contributed by atoms with Gasteiger partial charge in [0.05, 0.1) is 0 Å². The molecule has 5 heteroatoms. The normalized spacial score (nSPS) is 21.3. The van der Waals surface area contributed by atoms with Gasteiger partial charge in [0, 0.05) is 52.4 Å². The van der Waals surface area contributed by atoms with E-state index < -0.39 is 0 Å². The van der Waals surface area contributed by atoms with E-state index in [0.29, 0.717) is 0 Å². The zero-order chi connectivity index (χ0) is 17.0. The molecular weight excluding hydrogens is 298 g/mol. The molecule has 0 aromatic heterocycles. The third-order valence-electron chi connectivity index (χ3n) is 5.49. The molecule has 1 saturated heterocycles. The molecule has 0 bridgehead atoms. The van der Waals surface area contributed by atoms with Crippen LogP contribution in [0.1, 0.15) is 52.4 Å². The average Bonchev–Trinajstić information content (AvgIpc) is 3.12. The maximum absolute atomic E-state index is 4.75. The molecule has 1 heterocycles. The largest absolute Gasteiger partial charge is 0.357 e. The van der Waals surface area contributed by atoms with E-state index in [2.05, 4.69) is 34.3 Å². The van der Waals surface area contributed by atoms with E-state index >= 15 is 0 Å². The minimum atomic E-state index is 0.934. The quantitative estimate of drug-likeness (QED) is 0.384. The van der Waals surface area contributed by atoms with Crippen molar-refractivity contribution in [2.45, 2.75) is 52.4 Å². The summed E-state index contributed by atoms with van der Waals surface area (Å²) in [4.78, 5) is 9.84. The first-order valence-electron chi connectivity index (χ1n) is 10.3. The Balaban J connectivity index is 1.58. The molecular formula is C19H39N5. The molecule has 5 nitrogen and oxygen atoms in total. The van der Waals surface area contributed by atoms with Crippen molar-refractivity contribution in [3.8, 4) is 0 Å². The molecule has 1 aliphatic carbocycles. The molecule has 140 valence electrons. The molecule has 0 spiro atoms. The van der Waals surface area contributed by atoms with Crippen LogP contribution in [0.25, 0.3) is 0 Å². The lowest BCUT2D eigenvalue weighted by Crippen LogP contribution is -2.49. The van der Waals surface area contributed by atoms with E-state index in [4.69, 9.17) is 4.99 Å². The maximum Gasteiger partial charge on any atom is 0.191 e. The second-order valence-electron chi connectivity index (χ2n) is 7.26. The molecule has 24 heavy (non-hydrogen) atoms. The average molecular weight is 338 g/mol. The van der Waals surface area contributed by atoms with Gasteiger partial charge in [0.1, 0.15) is 0 Å². The van der Waals surface area contributed by atoms with Crippen molar-refractivity contribution in [1.29, 1.82) is 0 Å². The first-order chi connectivity index (χ1) is 11.8. The third-order valence-corrected chi connectivity index (χ3v) is 5.49. The van der Waals surface area contributed by atoms with Crippen molar-refractivity contribution in [3.05, 3.63) is 0 Å². The summed E-state index contributed by atoms with van der Waals surface area (Å²) in [7, 11) is 0. The van der Waals surface area contributed by atoms with Gasteiger partial charge in [0.15, 0.2) is 5.96 Å². The second-order valence-corrected chi connectivity index (χ2v) is 7.26. The van der Waals surface area contributed by atoms with Gasteiger partial charge in [-0.15, -0.1) is 0 Å². The zero-order valence-corrected chi connectivity index (χ0v) is 16.0. The monoisotopic (exact) mass is 337 g/mol. The van der Waals surface area contributed by atoms with Gasteiger partial charge in [0.2, 0.25) is 0 Å². The summed E-state index contributed by atoms with van der Waals surface area (Å²) in [6, 6.07) is 0. The van der Waals surface area contributed by atoms with Crippen molar-refractivity contribution < 1.29 is 0 Å². The predicted octanol–water partition coefficient (Wildman–Crippen LogP) is 2.15. The Bertz CT molecular complexity index is 344. The van der Waals surface area contributed by atoms with Crippen molar-refractivity contribution >= 4 is 5.96 Å². The van der Waals surface area contributed by atoms with Crippen LogP contribution in [0.2, 0.25) is 0 Å². The Morgan fingerprint density at radius 2 is 1.71 bits per heavy atom. The van der Waals surface area contributed by atoms with Crippen LogP contribution in [0.3, 0.4) is 0 Å². The molecule has 0 radical (unpaired) electrons. The van der Waals surface area contributed by atoms with Gasteiger partial charge in [0.25, 0.3) is 0 Å². The van der Waals surface area contributed by atoms with Crippen LogP contribution in [0.5, 0.6) is 0 Å². The zero-order valence-electron chi connectivity index (χ0n) is 16.0. The molecule has 1 saturated carbocycles. The standard InChI is InChI=1S/C19H39N5/c1-3-20-19(21-11-7-10-18-8-5-6-9-18)22-12-13-24-16-14-23(4-2)15-17-24/h18H,3-17H2,1-2H3,(H2,20,21,22). The number of hydrogen-bond donors (Lipinski definition) is 2. The SMILES string of the molecule is CCNC(=NCCCC1CCCC1)NCCN1CCN(CC)CC1. The molecule has 2 N–H and O–H groups in total. The van der Waals surface area contributed by atoms with Gasteiger partial charge >= 0.3 is 0 Å². The summed E-state index contributed by atoms with van der Waals surface area (Å²) in [5, 5.41) is 6.88. The van der Waals surface area contributed by atoms with E-state index in [1.165, 1.54) is 71.2 Å². The molecule has 0 atom stereocenters. The molecule has 2 fully saturated rings. The van der Waals surface area contributed by atoms with E-state index in [1.54, 1.807) is 0 Å². The highest BCUT2D eigenvalue weighted by molar-refractivity contribution is 5.79. The Labute approximate surface area is 149 Å². The first kappa shape index (κ1) is 19.5. The van der Waals surface area contributed by atoms with Crippen LogP contribution in [-0.4, -0.2) is 74.7 Å². The van der Waals surface area contributed by atoms with Crippen molar-refractivity contribution in [3.63, 3.8) is 0 Å². The number of rotatable bonds is 9. The van der Waals surface area contributed by atoms with Crippen LogP contribution in [0, 0.1) is 5.92 Å². The van der Waals surface area contributed by atoms with E-state index in [1.807, 2.05) is 0 Å². The Morgan fingerprint density at radius 3 is 2.38 bits per heavy atom. The maximum atomic E-state index is 4.75. The smallest absolute Gasteiger partial charge is 0.191 e. The van der Waals surface area contributed by atoms with Gasteiger partial charge in [-0.25, -0.2) is 0 Å². The van der Waals surface area contributed by atoms with Crippen molar-refractivity contribution in [1.82, 2.24) is 20.4 Å². The highest BCUT2D eigenvalue weighted by Gasteiger charge is 2.15. The Morgan fingerprint density at radius 1 is 1.00 bits per heavy atom. The summed E-state index contributed by atoms with van der Waals surface area (Å²) in [6.07, 6.45) is 8.40. The Hall–Kier alpha value is -0.810. The third kappa shape index (κ3) is 7.39. The molecule has 0 aromatic rings. The number of likely N-dealkylation sites (N-methyl/N-ethyl adjacent to an activating group) is 1. The molecule has 0 amide bonds. The minimum absolute atomic E-state index is 0.934. The van der Waals surface area contributed by atoms with Crippen LogP contribution >= 0.6 is 0 Å². The summed E-state index contributed by atoms with van der Waals surface area (Å²) >= 11 is 0. The van der Waals surface area contributed by atoms with Crippen LogP contribution < -0.4 is 10.6 Å². The number of hydrogen-bond acceptors (Lipinski definition) is 3. The fourth-order valence-corrected chi connectivity index (χ4v) is 3.87. The van der Waals surface area contributed by atoms with Gasteiger partial charge < -0.3 is 15.5 Å². The van der Waals surface area contributed by atoms with Gasteiger partial charge in [-0.3, -0.25) is 9.89 Å². The lowest BCUT2D eigenvalue weighted by atomic mass is 10.0. The topological polar surface area (TPSA) is 42.9 Å². The fourth-order valence-electron chi connectivity index (χ4n) is 3.87. The van der Waals surface area contributed by atoms with E-state index in [-0.39, 0.29) is 0 Å². The summed E-state index contributed by atoms with van der Waals surface area (Å²) < 4.78 is 0. The number of aliphatic imine (C=N–C) groups is 1. The van der Waals surface area contributed by atoms with Gasteiger partial charge in [-0.1, -0.05) is 32.6 Å². The molecule has 2 aliphatic rings. The minimum Gasteiger partial charge on any atom is -0.357 e. The lowest BCUT2D eigenvalue weighted by Gasteiger charge is -2.34. The summed E-state index contributed by atoms with van der Waals surface area (Å²) in [5.74, 6) is 1.98. The second kappa shape index (κ2) is 11.7. The molecule has 2 rings (SSSR count). The molecule has 0 aromatic carbocycles. The number of guanidine groups is 1. The predicted molar refractivity (Wildman–Crippen MR) is 104 cm³/mol. The number of nitrogens with one attached hydrogen (secondary N) is 2. The fraction of sp³-hybridized carbons (Fsp3) is 0.947. The molecule has 0 unspecified atom stereocenters. The summed E-state index contributed by atoms with van der Waals surface area (Å²) in [5.41, 5.74) is 0. The van der Waals surface area contributed by atoms with Gasteiger partial charge in [-0.2, -0.15) is 0 Å². The lowest BCUT2D eigenvalue weighted by molar-refractivity contribution is 0.139. The number of piperazine rings is 1. The number of nitrogens with zero attached hydrogens (tertiary/aromatic N) is 3. The summed E-state index contributed by atoms with van der Waals surface area (Å²) in [6.45, 7) is 14.4. The van der Waals surface area contributed by atoms with E-state index in [0.717, 1.165) is 38.1 Å².